The number of benzene rings is 3. The molecule has 0 aliphatic rings. The molecule has 0 saturated carbocycles. The lowest BCUT2D eigenvalue weighted by Gasteiger charge is -2.08. The summed E-state index contributed by atoms with van der Waals surface area (Å²) in [4.78, 5) is 28.3. The van der Waals surface area contributed by atoms with Crippen molar-refractivity contribution in [2.24, 2.45) is 0 Å². The monoisotopic (exact) mass is 389 g/mol. The number of amides is 2. The number of anilines is 2. The minimum Gasteiger partial charge on any atom is -0.326 e. The van der Waals surface area contributed by atoms with Crippen molar-refractivity contribution < 1.29 is 9.59 Å². The summed E-state index contributed by atoms with van der Waals surface area (Å²) in [6.45, 7) is 1.47. The first-order chi connectivity index (χ1) is 13.5. The van der Waals surface area contributed by atoms with Crippen LogP contribution < -0.4 is 10.6 Å². The zero-order valence-corrected chi connectivity index (χ0v) is 15.7. The first-order valence-electron chi connectivity index (χ1n) is 8.67. The minimum atomic E-state index is -0.218. The van der Waals surface area contributed by atoms with Gasteiger partial charge in [-0.25, -0.2) is 4.98 Å². The topological polar surface area (TPSA) is 71.1 Å². The number of aromatic nitrogens is 1. The quantitative estimate of drug-likeness (QED) is 0.470. The number of nitrogens with one attached hydrogen (secondary N) is 2. The molecule has 0 atom stereocenters. The summed E-state index contributed by atoms with van der Waals surface area (Å²) >= 11 is 5.87. The molecule has 1 heterocycles. The third kappa shape index (κ3) is 3.80. The fourth-order valence-electron chi connectivity index (χ4n) is 2.99. The van der Waals surface area contributed by atoms with E-state index in [0.29, 0.717) is 22.0 Å². The normalized spacial score (nSPS) is 10.8. The second kappa shape index (κ2) is 7.29. The second-order valence-electron chi connectivity index (χ2n) is 6.45. The van der Waals surface area contributed by atoms with Crippen LogP contribution in [0.1, 0.15) is 17.3 Å². The van der Waals surface area contributed by atoms with Crippen molar-refractivity contribution in [2.75, 3.05) is 10.6 Å². The predicted molar refractivity (Wildman–Crippen MR) is 113 cm³/mol. The van der Waals surface area contributed by atoms with E-state index in [1.54, 1.807) is 24.3 Å². The van der Waals surface area contributed by atoms with E-state index in [1.807, 2.05) is 42.5 Å². The maximum absolute atomic E-state index is 12.4. The van der Waals surface area contributed by atoms with E-state index in [9.17, 15) is 9.59 Å². The average Bonchev–Trinajstić information content (AvgIpc) is 2.66. The van der Waals surface area contributed by atoms with E-state index in [1.165, 1.54) is 6.92 Å². The van der Waals surface area contributed by atoms with Crippen LogP contribution in [0.3, 0.4) is 0 Å². The van der Waals surface area contributed by atoms with Gasteiger partial charge in [0.1, 0.15) is 0 Å². The summed E-state index contributed by atoms with van der Waals surface area (Å²) in [7, 11) is 0. The van der Waals surface area contributed by atoms with Gasteiger partial charge in [-0.1, -0.05) is 23.7 Å². The Morgan fingerprint density at radius 3 is 1.93 bits per heavy atom. The number of carbonyl (C=O) groups excluding carboxylic acids is 2. The molecule has 0 aliphatic carbocycles. The minimum absolute atomic E-state index is 0.132. The Kier molecular flexibility index (Phi) is 4.67. The highest BCUT2D eigenvalue weighted by Crippen LogP contribution is 2.25. The van der Waals surface area contributed by atoms with Crippen molar-refractivity contribution in [3.63, 3.8) is 0 Å². The number of fused-ring (bicyclic) bond motifs is 2. The number of hydrogen-bond donors (Lipinski definition) is 2. The van der Waals surface area contributed by atoms with E-state index in [0.717, 1.165) is 21.8 Å². The van der Waals surface area contributed by atoms with E-state index in [-0.39, 0.29) is 11.8 Å². The van der Waals surface area contributed by atoms with Gasteiger partial charge in [0.2, 0.25) is 5.91 Å². The summed E-state index contributed by atoms with van der Waals surface area (Å²) in [6.07, 6.45) is 0. The van der Waals surface area contributed by atoms with Crippen molar-refractivity contribution in [1.29, 1.82) is 0 Å². The van der Waals surface area contributed by atoms with Crippen LogP contribution in [-0.4, -0.2) is 16.8 Å². The van der Waals surface area contributed by atoms with E-state index in [4.69, 9.17) is 11.6 Å². The summed E-state index contributed by atoms with van der Waals surface area (Å²) in [5.74, 6) is -0.350. The fraction of sp³-hybridized carbons (Fsp3) is 0.0455. The van der Waals surface area contributed by atoms with E-state index >= 15 is 0 Å². The summed E-state index contributed by atoms with van der Waals surface area (Å²) in [6, 6.07) is 19.9. The van der Waals surface area contributed by atoms with Gasteiger partial charge in [-0.2, -0.15) is 0 Å². The highest BCUT2D eigenvalue weighted by molar-refractivity contribution is 6.30. The molecule has 2 amide bonds. The molecule has 0 aliphatic heterocycles. The van der Waals surface area contributed by atoms with Crippen LogP contribution in [0.25, 0.3) is 21.8 Å². The Morgan fingerprint density at radius 2 is 1.36 bits per heavy atom. The molecule has 28 heavy (non-hydrogen) atoms. The molecular weight excluding hydrogens is 374 g/mol. The van der Waals surface area contributed by atoms with Crippen molar-refractivity contribution in [2.45, 2.75) is 6.92 Å². The molecule has 138 valence electrons. The predicted octanol–water partition coefficient (Wildman–Crippen LogP) is 5.25. The Labute approximate surface area is 166 Å². The Hall–Kier alpha value is -3.44. The van der Waals surface area contributed by atoms with Crippen molar-refractivity contribution in [3.05, 3.63) is 77.3 Å². The Morgan fingerprint density at radius 1 is 0.786 bits per heavy atom. The van der Waals surface area contributed by atoms with Crippen LogP contribution in [-0.2, 0) is 4.79 Å². The van der Waals surface area contributed by atoms with Crippen molar-refractivity contribution >= 4 is 56.6 Å². The van der Waals surface area contributed by atoms with Crippen LogP contribution >= 0.6 is 11.6 Å². The molecule has 2 N–H and O–H groups in total. The molecule has 0 saturated heterocycles. The highest BCUT2D eigenvalue weighted by atomic mass is 35.5. The largest absolute Gasteiger partial charge is 0.326 e. The van der Waals surface area contributed by atoms with E-state index in [2.05, 4.69) is 15.6 Å². The van der Waals surface area contributed by atoms with Crippen molar-refractivity contribution in [3.8, 4) is 0 Å². The SMILES string of the molecule is CC(=O)Nc1ccc2cc3ccc(NC(=O)c4ccc(Cl)cc4)cc3nc2c1. The lowest BCUT2D eigenvalue weighted by Crippen LogP contribution is -2.11. The van der Waals surface area contributed by atoms with Crippen LogP contribution in [0.15, 0.2) is 66.7 Å². The Balaban J connectivity index is 1.66. The van der Waals surface area contributed by atoms with Crippen molar-refractivity contribution in [1.82, 2.24) is 4.98 Å². The summed E-state index contributed by atoms with van der Waals surface area (Å²) < 4.78 is 0. The summed E-state index contributed by atoms with van der Waals surface area (Å²) in [5.41, 5.74) is 3.38. The number of nitrogens with zero attached hydrogens (tertiary/aromatic N) is 1. The molecule has 3 aromatic carbocycles. The third-order valence-electron chi connectivity index (χ3n) is 4.30. The molecule has 4 aromatic rings. The maximum atomic E-state index is 12.4. The van der Waals surface area contributed by atoms with Crippen LogP contribution in [0.4, 0.5) is 11.4 Å². The highest BCUT2D eigenvalue weighted by Gasteiger charge is 2.08. The number of carbonyl (C=O) groups is 2. The van der Waals surface area contributed by atoms with E-state index < -0.39 is 0 Å². The molecule has 4 rings (SSSR count). The first kappa shape index (κ1) is 17.9. The lowest BCUT2D eigenvalue weighted by atomic mass is 10.1. The molecular formula is C22H16ClN3O2. The first-order valence-corrected chi connectivity index (χ1v) is 9.05. The molecule has 0 unspecified atom stereocenters. The average molecular weight is 390 g/mol. The van der Waals surface area contributed by atoms with Gasteiger partial charge < -0.3 is 10.6 Å². The molecule has 1 aromatic heterocycles. The molecule has 0 bridgehead atoms. The van der Waals surface area contributed by atoms with Gasteiger partial charge in [0.25, 0.3) is 5.91 Å². The summed E-state index contributed by atoms with van der Waals surface area (Å²) in [5, 5.41) is 8.15. The molecule has 6 heteroatoms. The molecule has 0 spiro atoms. The number of rotatable bonds is 3. The second-order valence-corrected chi connectivity index (χ2v) is 6.88. The standard InChI is InChI=1S/C22H16ClN3O2/c1-13(27)24-18-8-4-15-10-16-5-9-19(12-21(16)26-20(15)11-18)25-22(28)14-2-6-17(23)7-3-14/h2-12H,1H3,(H,24,27)(H,25,28). The molecule has 0 fully saturated rings. The smallest absolute Gasteiger partial charge is 0.255 e. The molecule has 0 radical (unpaired) electrons. The third-order valence-corrected chi connectivity index (χ3v) is 4.55. The number of hydrogen-bond acceptors (Lipinski definition) is 3. The van der Waals surface area contributed by atoms with Gasteiger partial charge in [-0.3, -0.25) is 9.59 Å². The van der Waals surface area contributed by atoms with Gasteiger partial charge in [-0.15, -0.1) is 0 Å². The number of halogens is 1. The maximum Gasteiger partial charge on any atom is 0.255 e. The zero-order chi connectivity index (χ0) is 19.7. The van der Waals surface area contributed by atoms with Crippen LogP contribution in [0, 0.1) is 0 Å². The van der Waals surface area contributed by atoms with Gasteiger partial charge in [0, 0.05) is 39.7 Å². The lowest BCUT2D eigenvalue weighted by molar-refractivity contribution is -0.114. The van der Waals surface area contributed by atoms with Gasteiger partial charge in [0.15, 0.2) is 0 Å². The molecule has 5 nitrogen and oxygen atoms in total. The fourth-order valence-corrected chi connectivity index (χ4v) is 3.11. The van der Waals surface area contributed by atoms with Crippen LogP contribution in [0.2, 0.25) is 5.02 Å². The number of pyridine rings is 1. The zero-order valence-electron chi connectivity index (χ0n) is 15.0. The van der Waals surface area contributed by atoms with Gasteiger partial charge >= 0.3 is 0 Å². The van der Waals surface area contributed by atoms with Crippen LogP contribution in [0.5, 0.6) is 0 Å². The van der Waals surface area contributed by atoms with Gasteiger partial charge in [-0.05, 0) is 54.6 Å². The Bertz CT molecular complexity index is 1220. The van der Waals surface area contributed by atoms with Gasteiger partial charge in [0.05, 0.1) is 11.0 Å².